The molecular weight excluding hydrogens is 122 g/mol. The van der Waals surface area contributed by atoms with Gasteiger partial charge in [-0.15, -0.1) is 0 Å². The second-order valence-electron chi connectivity index (χ2n) is 0. The molecule has 0 aromatic carbocycles. The predicted molar refractivity (Wildman–Crippen MR) is 30.9 cm³/mol. The van der Waals surface area contributed by atoms with E-state index >= 15 is 0 Å². The number of rotatable bonds is 0. The Hall–Kier alpha value is 3.92. The van der Waals surface area contributed by atoms with Crippen LogP contribution in [0.5, 0.6) is 0 Å². The van der Waals surface area contributed by atoms with E-state index in [9.17, 15) is 0 Å². The summed E-state index contributed by atoms with van der Waals surface area (Å²) >= 11 is 0. The molecule has 0 spiro atoms. The van der Waals surface area contributed by atoms with E-state index in [1.165, 1.54) is 0 Å². The number of hydrogen-bond donors (Lipinski definition) is 1. The van der Waals surface area contributed by atoms with Crippen LogP contribution >= 0.6 is 0 Å². The molecule has 0 atom stereocenters. The van der Waals surface area contributed by atoms with Gasteiger partial charge in [0.1, 0.15) is 0 Å². The van der Waals surface area contributed by atoms with Crippen LogP contribution in [0.4, 0.5) is 0 Å². The van der Waals surface area contributed by atoms with Crippen LogP contribution in [0.25, 0.3) is 0 Å². The molecule has 6 heteroatoms. The fourth-order valence-electron chi connectivity index (χ4n) is 0. The average molecular weight is 127 g/mol. The van der Waals surface area contributed by atoms with Crippen LogP contribution in [0.3, 0.4) is 0 Å². The van der Waals surface area contributed by atoms with E-state index in [2.05, 4.69) is 0 Å². The van der Waals surface area contributed by atoms with Gasteiger partial charge in [-0.2, -0.15) is 0 Å². The molecule has 0 aromatic rings. The quantitative estimate of drug-likeness (QED) is 0.403. The molecule has 0 unspecified atom stereocenters. The summed E-state index contributed by atoms with van der Waals surface area (Å²) in [4.78, 5) is 0. The molecule has 0 bridgehead atoms. The topological polar surface area (TPSA) is 66.5 Å². The first-order valence-corrected chi connectivity index (χ1v) is 0. The van der Waals surface area contributed by atoms with Gasteiger partial charge in [0.05, 0.1) is 0 Å². The van der Waals surface area contributed by atoms with Crippen molar-refractivity contribution in [3.63, 3.8) is 0 Å². The molecule has 0 aliphatic carbocycles. The van der Waals surface area contributed by atoms with Gasteiger partial charge in [0.15, 0.2) is 0 Å². The predicted octanol–water partition coefficient (Wildman–Crippen LogP) is -1.32. The third kappa shape index (κ3) is 24.7. The van der Waals surface area contributed by atoms with Crippen molar-refractivity contribution in [3.05, 3.63) is 0 Å². The molecule has 6 heavy (non-hydrogen) atoms. The van der Waals surface area contributed by atoms with Crippen molar-refractivity contribution in [2.45, 2.75) is 0 Å². The minimum absolute atomic E-state index is 0. The minimum Gasteiger partial charge on any atom is -0.870 e. The van der Waals surface area contributed by atoms with Gasteiger partial charge in [0.2, 0.25) is 0 Å². The van der Waals surface area contributed by atoms with E-state index in [1.807, 2.05) is 0 Å². The standard InChI is InChI=1S/H3N.4Na.H2O/h1H3;;;;;1H2. The molecule has 0 saturated heterocycles. The molecule has 5 N–H and O–H groups in total. The summed E-state index contributed by atoms with van der Waals surface area (Å²) in [6, 6.07) is 0. The van der Waals surface area contributed by atoms with Gasteiger partial charge in [-0.05, 0) is 0 Å². The summed E-state index contributed by atoms with van der Waals surface area (Å²) in [5, 5.41) is 0. The third-order valence-electron chi connectivity index (χ3n) is 0. The summed E-state index contributed by atoms with van der Waals surface area (Å²) in [5.74, 6) is 0. The molecule has 2 nitrogen and oxygen atoms in total. The van der Waals surface area contributed by atoms with Crippen LogP contribution in [0.1, 0.15) is 0 Å². The van der Waals surface area contributed by atoms with Crippen molar-refractivity contribution in [3.8, 4) is 0 Å². The summed E-state index contributed by atoms with van der Waals surface area (Å²) < 4.78 is 0. The van der Waals surface area contributed by atoms with Gasteiger partial charge in [0, 0.05) is 118 Å². The Labute approximate surface area is 127 Å². The van der Waals surface area contributed by atoms with Gasteiger partial charge >= 0.3 is 0 Å². The van der Waals surface area contributed by atoms with Crippen LogP contribution in [-0.4, -0.2) is 124 Å². The van der Waals surface area contributed by atoms with Crippen LogP contribution in [0.2, 0.25) is 0 Å². The van der Waals surface area contributed by atoms with Crippen molar-refractivity contribution in [1.29, 1.82) is 0 Å². The molecule has 0 aromatic heterocycles. The first kappa shape index (κ1) is 51.4. The van der Waals surface area contributed by atoms with E-state index in [4.69, 9.17) is 0 Å². The van der Waals surface area contributed by atoms with Crippen molar-refractivity contribution in [1.82, 2.24) is 6.15 Å². The molecule has 0 heterocycles. The summed E-state index contributed by atoms with van der Waals surface area (Å²) in [7, 11) is 0. The van der Waals surface area contributed by atoms with E-state index in [0.29, 0.717) is 0 Å². The van der Waals surface area contributed by atoms with Crippen molar-refractivity contribution < 1.29 is 5.48 Å². The van der Waals surface area contributed by atoms with E-state index in [0.717, 1.165) is 0 Å². The van der Waals surface area contributed by atoms with Crippen molar-refractivity contribution in [2.24, 2.45) is 0 Å². The van der Waals surface area contributed by atoms with E-state index < -0.39 is 0 Å². The van der Waals surface area contributed by atoms with Gasteiger partial charge in [0.25, 0.3) is 0 Å². The van der Waals surface area contributed by atoms with Crippen LogP contribution in [-0.2, 0) is 0 Å². The van der Waals surface area contributed by atoms with E-state index in [-0.39, 0.29) is 130 Å². The molecule has 0 aliphatic heterocycles. The molecule has 0 amide bonds. The van der Waals surface area contributed by atoms with Gasteiger partial charge < -0.3 is 11.6 Å². The zero-order chi connectivity index (χ0) is 0. The summed E-state index contributed by atoms with van der Waals surface area (Å²) in [6.45, 7) is 0. The third-order valence-corrected chi connectivity index (χ3v) is 0. The zero-order valence-corrected chi connectivity index (χ0v) is 13.4. The average Bonchev–Trinajstić information content (AvgIpc) is 0. The maximum Gasteiger partial charge on any atom is 0 e. The Balaban J connectivity index is 0. The number of quaternary nitrogens is 1. The molecule has 0 rings (SSSR count). The largest absolute Gasteiger partial charge is 0.870 e. The van der Waals surface area contributed by atoms with Crippen molar-refractivity contribution in [2.75, 3.05) is 0 Å². The SMILES string of the molecule is [NH4+].[Na].[Na].[Na].[Na].[OH-]. The number of hydrogen-bond acceptors (Lipinski definition) is 1. The van der Waals surface area contributed by atoms with Gasteiger partial charge in [-0.3, -0.25) is 0 Å². The van der Waals surface area contributed by atoms with E-state index in [1.54, 1.807) is 0 Å². The maximum absolute atomic E-state index is 0. The Morgan fingerprint density at radius 1 is 0.500 bits per heavy atom. The second kappa shape index (κ2) is 36.4. The first-order valence-electron chi connectivity index (χ1n) is 0. The Kier molecular flexibility index (Phi) is 312. The fraction of sp³-hybridized carbons (Fsp3) is 0. The Morgan fingerprint density at radius 3 is 0.500 bits per heavy atom. The first-order chi connectivity index (χ1) is 0. The van der Waals surface area contributed by atoms with Gasteiger partial charge in [-0.25, -0.2) is 0 Å². The monoisotopic (exact) mass is 127 g/mol. The zero-order valence-electron chi connectivity index (χ0n) is 5.45. The van der Waals surface area contributed by atoms with Crippen LogP contribution in [0, 0.1) is 0 Å². The second-order valence-corrected chi connectivity index (χ2v) is 0. The van der Waals surface area contributed by atoms with Gasteiger partial charge in [-0.1, -0.05) is 0 Å². The van der Waals surface area contributed by atoms with Crippen LogP contribution < -0.4 is 6.15 Å². The molecule has 0 saturated carbocycles. The van der Waals surface area contributed by atoms with Crippen LogP contribution in [0.15, 0.2) is 0 Å². The summed E-state index contributed by atoms with van der Waals surface area (Å²) in [5.41, 5.74) is 0. The normalized spacial score (nSPS) is 0. The molecule has 4 radical (unpaired) electrons. The molecule has 0 aliphatic rings. The van der Waals surface area contributed by atoms with Crippen molar-refractivity contribution >= 4 is 118 Å². The Bertz CT molecular complexity index is 7.51. The minimum atomic E-state index is 0. The maximum atomic E-state index is 0. The fourth-order valence-corrected chi connectivity index (χ4v) is 0. The molecular formula is H5NNa4O. The Morgan fingerprint density at radius 2 is 0.500 bits per heavy atom. The molecule has 0 fully saturated rings. The molecule has 20 valence electrons. The summed E-state index contributed by atoms with van der Waals surface area (Å²) in [6.07, 6.45) is 0. The smallest absolute Gasteiger partial charge is 0 e.